The van der Waals surface area contributed by atoms with Gasteiger partial charge in [-0.3, -0.25) is 4.68 Å². The van der Waals surface area contributed by atoms with E-state index in [1.807, 2.05) is 35.1 Å². The Hall–Kier alpha value is -1.42. The van der Waals surface area contributed by atoms with E-state index in [0.717, 1.165) is 16.3 Å². The third-order valence-electron chi connectivity index (χ3n) is 2.43. The van der Waals surface area contributed by atoms with Crippen LogP contribution >= 0.6 is 11.8 Å². The van der Waals surface area contributed by atoms with Crippen molar-refractivity contribution in [3.8, 4) is 5.75 Å². The van der Waals surface area contributed by atoms with Gasteiger partial charge in [-0.15, -0.1) is 11.8 Å². The van der Waals surface area contributed by atoms with Gasteiger partial charge < -0.3 is 5.11 Å². The van der Waals surface area contributed by atoms with Crippen molar-refractivity contribution in [1.82, 2.24) is 9.78 Å². The summed E-state index contributed by atoms with van der Waals surface area (Å²) in [4.78, 5) is 0.895. The average Bonchev–Trinajstić information content (AvgIpc) is 2.77. The number of benzene rings is 1. The first kappa shape index (κ1) is 12.0. The number of para-hydroxylation sites is 1. The van der Waals surface area contributed by atoms with Gasteiger partial charge in [0.15, 0.2) is 0 Å². The highest BCUT2D eigenvalue weighted by molar-refractivity contribution is 7.98. The highest BCUT2D eigenvalue weighted by atomic mass is 32.2. The van der Waals surface area contributed by atoms with Crippen LogP contribution in [-0.4, -0.2) is 14.9 Å². The lowest BCUT2D eigenvalue weighted by Crippen LogP contribution is -2.01. The number of hydrogen-bond donors (Lipinski definition) is 1. The molecule has 0 aliphatic heterocycles. The van der Waals surface area contributed by atoms with Crippen LogP contribution in [0, 0.1) is 0 Å². The minimum absolute atomic E-state index is 0.334. The van der Waals surface area contributed by atoms with Gasteiger partial charge in [-0.05, 0) is 32.0 Å². The number of aromatic hydroxyl groups is 1. The Labute approximate surface area is 105 Å². The summed E-state index contributed by atoms with van der Waals surface area (Å²) < 4.78 is 1.95. The molecule has 0 aliphatic carbocycles. The number of nitrogens with zero attached hydrogens (tertiary/aromatic N) is 2. The van der Waals surface area contributed by atoms with E-state index >= 15 is 0 Å². The van der Waals surface area contributed by atoms with Crippen molar-refractivity contribution in [2.45, 2.75) is 30.5 Å². The molecule has 0 spiro atoms. The Morgan fingerprint density at radius 3 is 2.71 bits per heavy atom. The second-order valence-corrected chi connectivity index (χ2v) is 5.15. The number of hydrogen-bond acceptors (Lipinski definition) is 3. The van der Waals surface area contributed by atoms with Gasteiger partial charge in [-0.1, -0.05) is 12.1 Å². The first-order chi connectivity index (χ1) is 8.16. The standard InChI is InChI=1S/C13H16N2OS/c1-10(2)15-8-7-11(14-15)9-17-13-6-4-3-5-12(13)16/h3-8,10,16H,9H2,1-2H3. The first-order valence-corrected chi connectivity index (χ1v) is 6.60. The minimum Gasteiger partial charge on any atom is -0.507 e. The quantitative estimate of drug-likeness (QED) is 0.842. The zero-order chi connectivity index (χ0) is 12.3. The molecular weight excluding hydrogens is 232 g/mol. The molecule has 0 bridgehead atoms. The van der Waals surface area contributed by atoms with Crippen LogP contribution in [-0.2, 0) is 5.75 Å². The molecule has 0 atom stereocenters. The second kappa shape index (κ2) is 5.27. The summed E-state index contributed by atoms with van der Waals surface area (Å²) in [5.74, 6) is 1.11. The van der Waals surface area contributed by atoms with Crippen LogP contribution in [0.2, 0.25) is 0 Å². The Morgan fingerprint density at radius 2 is 2.06 bits per heavy atom. The third-order valence-corrected chi connectivity index (χ3v) is 3.53. The van der Waals surface area contributed by atoms with E-state index in [0.29, 0.717) is 11.8 Å². The molecule has 1 aromatic heterocycles. The summed E-state index contributed by atoms with van der Waals surface area (Å²) in [6, 6.07) is 9.78. The molecule has 2 rings (SSSR count). The molecule has 0 saturated carbocycles. The highest BCUT2D eigenvalue weighted by Crippen LogP contribution is 2.29. The molecule has 1 N–H and O–H groups in total. The molecule has 2 aromatic rings. The minimum atomic E-state index is 0.334. The van der Waals surface area contributed by atoms with E-state index in [4.69, 9.17) is 0 Å². The topological polar surface area (TPSA) is 38.0 Å². The molecule has 1 aromatic carbocycles. The molecule has 17 heavy (non-hydrogen) atoms. The van der Waals surface area contributed by atoms with Gasteiger partial charge >= 0.3 is 0 Å². The van der Waals surface area contributed by atoms with Gasteiger partial charge in [0.25, 0.3) is 0 Å². The zero-order valence-corrected chi connectivity index (χ0v) is 10.8. The van der Waals surface area contributed by atoms with Crippen LogP contribution in [0.3, 0.4) is 0 Å². The second-order valence-electron chi connectivity index (χ2n) is 4.14. The largest absolute Gasteiger partial charge is 0.507 e. The Balaban J connectivity index is 2.00. The molecule has 3 nitrogen and oxygen atoms in total. The number of phenolic OH excluding ortho intramolecular Hbond substituents is 1. The number of aromatic nitrogens is 2. The molecule has 0 radical (unpaired) electrons. The summed E-state index contributed by atoms with van der Waals surface area (Å²) in [6.07, 6.45) is 1.99. The van der Waals surface area contributed by atoms with Crippen molar-refractivity contribution in [2.75, 3.05) is 0 Å². The van der Waals surface area contributed by atoms with E-state index in [9.17, 15) is 5.11 Å². The molecule has 0 fully saturated rings. The average molecular weight is 248 g/mol. The number of thioether (sulfide) groups is 1. The predicted molar refractivity (Wildman–Crippen MR) is 70.3 cm³/mol. The maximum absolute atomic E-state index is 9.64. The maximum atomic E-state index is 9.64. The first-order valence-electron chi connectivity index (χ1n) is 5.61. The normalized spacial score (nSPS) is 11.0. The van der Waals surface area contributed by atoms with Crippen molar-refractivity contribution < 1.29 is 5.11 Å². The van der Waals surface area contributed by atoms with Gasteiger partial charge in [0.1, 0.15) is 5.75 Å². The molecule has 0 saturated heterocycles. The molecule has 0 aliphatic rings. The summed E-state index contributed by atoms with van der Waals surface area (Å²) in [5.41, 5.74) is 1.03. The van der Waals surface area contributed by atoms with Crippen molar-refractivity contribution in [1.29, 1.82) is 0 Å². The van der Waals surface area contributed by atoms with E-state index in [1.165, 1.54) is 0 Å². The van der Waals surface area contributed by atoms with Crippen LogP contribution in [0.15, 0.2) is 41.4 Å². The molecule has 0 unspecified atom stereocenters. The lowest BCUT2D eigenvalue weighted by molar-refractivity contribution is 0.462. The Morgan fingerprint density at radius 1 is 1.29 bits per heavy atom. The smallest absolute Gasteiger partial charge is 0.129 e. The monoisotopic (exact) mass is 248 g/mol. The summed E-state index contributed by atoms with van der Waals surface area (Å²) >= 11 is 1.60. The fraction of sp³-hybridized carbons (Fsp3) is 0.308. The van der Waals surface area contributed by atoms with Crippen LogP contribution in [0.5, 0.6) is 5.75 Å². The fourth-order valence-electron chi connectivity index (χ4n) is 1.47. The lowest BCUT2D eigenvalue weighted by Gasteiger charge is -2.04. The van der Waals surface area contributed by atoms with Gasteiger partial charge in [-0.2, -0.15) is 5.10 Å². The SMILES string of the molecule is CC(C)n1ccc(CSc2ccccc2O)n1. The fourth-order valence-corrected chi connectivity index (χ4v) is 2.32. The van der Waals surface area contributed by atoms with Gasteiger partial charge in [-0.25, -0.2) is 0 Å². The van der Waals surface area contributed by atoms with Crippen LogP contribution in [0.1, 0.15) is 25.6 Å². The van der Waals surface area contributed by atoms with Gasteiger partial charge in [0, 0.05) is 22.9 Å². The number of phenols is 1. The molecule has 1 heterocycles. The van der Waals surface area contributed by atoms with Crippen LogP contribution in [0.25, 0.3) is 0 Å². The van der Waals surface area contributed by atoms with E-state index in [2.05, 4.69) is 18.9 Å². The van der Waals surface area contributed by atoms with Crippen molar-refractivity contribution in [3.05, 3.63) is 42.2 Å². The van der Waals surface area contributed by atoms with E-state index in [-0.39, 0.29) is 0 Å². The summed E-state index contributed by atoms with van der Waals surface area (Å²) in [5, 5.41) is 14.1. The molecule has 0 amide bonds. The Bertz CT molecular complexity index is 494. The predicted octanol–water partition coefficient (Wildman–Crippen LogP) is 3.46. The number of rotatable bonds is 4. The van der Waals surface area contributed by atoms with Crippen LogP contribution in [0.4, 0.5) is 0 Å². The van der Waals surface area contributed by atoms with Crippen LogP contribution < -0.4 is 0 Å². The summed E-state index contributed by atoms with van der Waals surface area (Å²) in [6.45, 7) is 4.21. The van der Waals surface area contributed by atoms with Gasteiger partial charge in [0.2, 0.25) is 0 Å². The third kappa shape index (κ3) is 3.03. The van der Waals surface area contributed by atoms with Crippen molar-refractivity contribution in [2.24, 2.45) is 0 Å². The lowest BCUT2D eigenvalue weighted by atomic mass is 10.3. The van der Waals surface area contributed by atoms with Crippen molar-refractivity contribution >= 4 is 11.8 Å². The van der Waals surface area contributed by atoms with Gasteiger partial charge in [0.05, 0.1) is 5.69 Å². The Kier molecular flexibility index (Phi) is 3.74. The molecule has 90 valence electrons. The maximum Gasteiger partial charge on any atom is 0.129 e. The highest BCUT2D eigenvalue weighted by Gasteiger charge is 2.04. The molecular formula is C13H16N2OS. The summed E-state index contributed by atoms with van der Waals surface area (Å²) in [7, 11) is 0. The van der Waals surface area contributed by atoms with Crippen molar-refractivity contribution in [3.63, 3.8) is 0 Å². The van der Waals surface area contributed by atoms with E-state index in [1.54, 1.807) is 17.8 Å². The van der Waals surface area contributed by atoms with E-state index < -0.39 is 0 Å². The zero-order valence-electron chi connectivity index (χ0n) is 10.00. The molecule has 4 heteroatoms.